The van der Waals surface area contributed by atoms with Crippen LogP contribution in [0.3, 0.4) is 0 Å². The number of amides is 1. The van der Waals surface area contributed by atoms with Crippen LogP contribution in [0, 0.1) is 11.8 Å². The quantitative estimate of drug-likeness (QED) is 0.632. The van der Waals surface area contributed by atoms with Gasteiger partial charge in [0.05, 0.1) is 13.2 Å². The lowest BCUT2D eigenvalue weighted by Gasteiger charge is -2.08. The first-order chi connectivity index (χ1) is 7.93. The number of ether oxygens (including phenoxy) is 1. The van der Waals surface area contributed by atoms with Crippen molar-refractivity contribution >= 4 is 11.7 Å². The topological polar surface area (TPSA) is 55.4 Å². The Labute approximate surface area is 106 Å². The molecule has 0 radical (unpaired) electrons. The molecule has 0 bridgehead atoms. The molecule has 0 atom stereocenters. The molecule has 0 aromatic carbocycles. The molecule has 0 aliphatic rings. The SMILES string of the molecule is CC(C)CC(=O)NCCOCCC(=O)C(C)C.[HH]. The van der Waals surface area contributed by atoms with Crippen molar-refractivity contribution in [3.63, 3.8) is 0 Å². The van der Waals surface area contributed by atoms with Crippen LogP contribution >= 0.6 is 0 Å². The normalized spacial score (nSPS) is 10.9. The molecule has 0 heterocycles. The number of carbonyl (C=O) groups is 2. The summed E-state index contributed by atoms with van der Waals surface area (Å²) < 4.78 is 5.27. The summed E-state index contributed by atoms with van der Waals surface area (Å²) in [6, 6.07) is 0. The van der Waals surface area contributed by atoms with Crippen LogP contribution in [-0.2, 0) is 14.3 Å². The predicted octanol–water partition coefficient (Wildman–Crippen LogP) is 2.03. The number of hydrogen-bond acceptors (Lipinski definition) is 3. The van der Waals surface area contributed by atoms with E-state index in [2.05, 4.69) is 5.32 Å². The minimum absolute atomic E-state index is 0. The number of nitrogens with one attached hydrogen (secondary N) is 1. The zero-order chi connectivity index (χ0) is 13.3. The lowest BCUT2D eigenvalue weighted by atomic mass is 10.1. The molecular formula is C13H27NO3. The third kappa shape index (κ3) is 10.00. The van der Waals surface area contributed by atoms with Crippen molar-refractivity contribution in [2.24, 2.45) is 11.8 Å². The third-order valence-corrected chi connectivity index (χ3v) is 2.30. The number of hydrogen-bond donors (Lipinski definition) is 1. The lowest BCUT2D eigenvalue weighted by molar-refractivity contribution is -0.124. The molecule has 0 saturated carbocycles. The van der Waals surface area contributed by atoms with Gasteiger partial charge in [-0.05, 0) is 5.92 Å². The maximum absolute atomic E-state index is 11.3. The minimum atomic E-state index is 0. The van der Waals surface area contributed by atoms with Gasteiger partial charge in [-0.3, -0.25) is 9.59 Å². The summed E-state index contributed by atoms with van der Waals surface area (Å²) in [5.74, 6) is 0.722. The summed E-state index contributed by atoms with van der Waals surface area (Å²) in [6.45, 7) is 9.21. The Bertz CT molecular complexity index is 242. The molecule has 1 N–H and O–H groups in total. The van der Waals surface area contributed by atoms with Gasteiger partial charge in [-0.15, -0.1) is 0 Å². The van der Waals surface area contributed by atoms with E-state index in [0.29, 0.717) is 38.5 Å². The summed E-state index contributed by atoms with van der Waals surface area (Å²) in [6.07, 6.45) is 1.00. The van der Waals surface area contributed by atoms with Gasteiger partial charge in [-0.2, -0.15) is 0 Å². The highest BCUT2D eigenvalue weighted by molar-refractivity contribution is 5.80. The fraction of sp³-hybridized carbons (Fsp3) is 0.846. The molecule has 0 unspecified atom stereocenters. The zero-order valence-electron chi connectivity index (χ0n) is 11.4. The highest BCUT2D eigenvalue weighted by Gasteiger charge is 2.06. The van der Waals surface area contributed by atoms with Gasteiger partial charge in [0, 0.05) is 26.7 Å². The first kappa shape index (κ1) is 16.1. The van der Waals surface area contributed by atoms with Crippen LogP contribution in [0.15, 0.2) is 0 Å². The van der Waals surface area contributed by atoms with E-state index in [0.717, 1.165) is 0 Å². The Morgan fingerprint density at radius 1 is 1.18 bits per heavy atom. The first-order valence-electron chi connectivity index (χ1n) is 6.30. The van der Waals surface area contributed by atoms with E-state index in [1.165, 1.54) is 0 Å². The van der Waals surface area contributed by atoms with Gasteiger partial charge in [0.1, 0.15) is 5.78 Å². The highest BCUT2D eigenvalue weighted by Crippen LogP contribution is 1.99. The molecule has 4 heteroatoms. The van der Waals surface area contributed by atoms with Crippen LogP contribution in [0.25, 0.3) is 0 Å². The van der Waals surface area contributed by atoms with Crippen LogP contribution < -0.4 is 5.32 Å². The molecule has 0 saturated heterocycles. The van der Waals surface area contributed by atoms with Crippen molar-refractivity contribution in [1.29, 1.82) is 0 Å². The summed E-state index contributed by atoms with van der Waals surface area (Å²) in [7, 11) is 0. The largest absolute Gasteiger partial charge is 0.379 e. The van der Waals surface area contributed by atoms with E-state index >= 15 is 0 Å². The second-order valence-electron chi connectivity index (χ2n) is 4.93. The third-order valence-electron chi connectivity index (χ3n) is 2.30. The van der Waals surface area contributed by atoms with Crippen molar-refractivity contribution in [2.45, 2.75) is 40.5 Å². The molecule has 0 rings (SSSR count). The van der Waals surface area contributed by atoms with Crippen LogP contribution in [0.4, 0.5) is 0 Å². The molecule has 0 spiro atoms. The average Bonchev–Trinajstić information content (AvgIpc) is 2.21. The fourth-order valence-corrected chi connectivity index (χ4v) is 1.27. The maximum Gasteiger partial charge on any atom is 0.220 e. The monoisotopic (exact) mass is 245 g/mol. The molecule has 17 heavy (non-hydrogen) atoms. The second kappa shape index (κ2) is 9.16. The van der Waals surface area contributed by atoms with Crippen molar-refractivity contribution in [3.8, 4) is 0 Å². The minimum Gasteiger partial charge on any atom is -0.379 e. The van der Waals surface area contributed by atoms with Gasteiger partial charge in [-0.25, -0.2) is 0 Å². The molecule has 102 valence electrons. The standard InChI is InChI=1S/C13H25NO3.H2/c1-10(2)9-13(16)14-6-8-17-7-5-12(15)11(3)4;/h10-11H,5-9H2,1-4H3,(H,14,16);1H. The molecular weight excluding hydrogens is 218 g/mol. The van der Waals surface area contributed by atoms with Crippen molar-refractivity contribution in [1.82, 2.24) is 5.32 Å². The molecule has 0 aliphatic carbocycles. The number of ketones is 1. The first-order valence-corrected chi connectivity index (χ1v) is 6.30. The summed E-state index contributed by atoms with van der Waals surface area (Å²) in [5.41, 5.74) is 0. The van der Waals surface area contributed by atoms with E-state index in [1.807, 2.05) is 27.7 Å². The average molecular weight is 245 g/mol. The van der Waals surface area contributed by atoms with Crippen molar-refractivity contribution in [2.75, 3.05) is 19.8 Å². The van der Waals surface area contributed by atoms with Gasteiger partial charge in [-0.1, -0.05) is 27.7 Å². The van der Waals surface area contributed by atoms with E-state index in [4.69, 9.17) is 4.74 Å². The summed E-state index contributed by atoms with van der Waals surface area (Å²) in [4.78, 5) is 22.5. The van der Waals surface area contributed by atoms with Crippen LogP contribution in [0.5, 0.6) is 0 Å². The van der Waals surface area contributed by atoms with E-state index < -0.39 is 0 Å². The van der Waals surface area contributed by atoms with Gasteiger partial charge in [0.2, 0.25) is 5.91 Å². The summed E-state index contributed by atoms with van der Waals surface area (Å²) >= 11 is 0. The maximum atomic E-state index is 11.3. The van der Waals surface area contributed by atoms with Gasteiger partial charge in [0.25, 0.3) is 0 Å². The van der Waals surface area contributed by atoms with E-state index in [1.54, 1.807) is 0 Å². The second-order valence-corrected chi connectivity index (χ2v) is 4.93. The zero-order valence-corrected chi connectivity index (χ0v) is 11.4. The predicted molar refractivity (Wildman–Crippen MR) is 69.9 cm³/mol. The fourth-order valence-electron chi connectivity index (χ4n) is 1.27. The molecule has 0 aromatic heterocycles. The number of rotatable bonds is 9. The lowest BCUT2D eigenvalue weighted by Crippen LogP contribution is -2.28. The highest BCUT2D eigenvalue weighted by atomic mass is 16.5. The van der Waals surface area contributed by atoms with Crippen LogP contribution in [0.1, 0.15) is 42.0 Å². The van der Waals surface area contributed by atoms with E-state index in [-0.39, 0.29) is 19.0 Å². The van der Waals surface area contributed by atoms with Crippen molar-refractivity contribution < 1.29 is 15.8 Å². The molecule has 0 aliphatic heterocycles. The van der Waals surface area contributed by atoms with Crippen LogP contribution in [0.2, 0.25) is 0 Å². The number of Topliss-reactive ketones (excluding diaryl/α,β-unsaturated/α-hetero) is 1. The molecule has 0 aromatic rings. The van der Waals surface area contributed by atoms with Gasteiger partial charge in [0.15, 0.2) is 0 Å². The Balaban J connectivity index is 0. The Morgan fingerprint density at radius 3 is 2.35 bits per heavy atom. The van der Waals surface area contributed by atoms with Gasteiger partial charge >= 0.3 is 0 Å². The Hall–Kier alpha value is -0.900. The Kier molecular flexibility index (Phi) is 8.68. The van der Waals surface area contributed by atoms with Crippen LogP contribution in [-0.4, -0.2) is 31.4 Å². The van der Waals surface area contributed by atoms with Crippen molar-refractivity contribution in [3.05, 3.63) is 0 Å². The molecule has 0 fully saturated rings. The number of carbonyl (C=O) groups excluding carboxylic acids is 2. The smallest absolute Gasteiger partial charge is 0.220 e. The molecule has 1 amide bonds. The van der Waals surface area contributed by atoms with E-state index in [9.17, 15) is 9.59 Å². The Morgan fingerprint density at radius 2 is 1.82 bits per heavy atom. The molecule has 4 nitrogen and oxygen atoms in total. The summed E-state index contributed by atoms with van der Waals surface area (Å²) in [5, 5.41) is 2.78. The van der Waals surface area contributed by atoms with Gasteiger partial charge < -0.3 is 10.1 Å².